The van der Waals surface area contributed by atoms with E-state index in [1.165, 1.54) is 18.2 Å². The van der Waals surface area contributed by atoms with Crippen LogP contribution in [0.5, 0.6) is 5.75 Å². The number of para-hydroxylation sites is 1. The summed E-state index contributed by atoms with van der Waals surface area (Å²) in [5.41, 5.74) is 0.710. The summed E-state index contributed by atoms with van der Waals surface area (Å²) < 4.78 is 5.44. The molecule has 0 saturated heterocycles. The summed E-state index contributed by atoms with van der Waals surface area (Å²) in [6.07, 6.45) is -0.933. The summed E-state index contributed by atoms with van der Waals surface area (Å²) in [6, 6.07) is 13.0. The number of rotatable bonds is 7. The lowest BCUT2D eigenvalue weighted by Gasteiger charge is -2.13. The van der Waals surface area contributed by atoms with Crippen molar-refractivity contribution in [2.24, 2.45) is 0 Å². The smallest absolute Gasteiger partial charge is 0.282 e. The van der Waals surface area contributed by atoms with Gasteiger partial charge in [-0.1, -0.05) is 24.3 Å². The molecular formula is C17H18N2O5. The average molecular weight is 330 g/mol. The third-order valence-electron chi connectivity index (χ3n) is 3.28. The number of nitro groups is 1. The maximum absolute atomic E-state index is 12.0. The topological polar surface area (TPSA) is 102 Å². The fourth-order valence-corrected chi connectivity index (χ4v) is 2.09. The van der Waals surface area contributed by atoms with Crippen molar-refractivity contribution < 1.29 is 19.6 Å². The minimum atomic E-state index is -0.933. The van der Waals surface area contributed by atoms with Crippen LogP contribution in [-0.2, 0) is 0 Å². The third-order valence-corrected chi connectivity index (χ3v) is 3.28. The second kappa shape index (κ2) is 8.07. The highest BCUT2D eigenvalue weighted by Gasteiger charge is 2.19. The summed E-state index contributed by atoms with van der Waals surface area (Å²) in [6.45, 7) is 1.85. The van der Waals surface area contributed by atoms with Gasteiger partial charge in [0, 0.05) is 12.6 Å². The number of ether oxygens (including phenoxy) is 1. The number of nitro benzene ring substituents is 1. The molecule has 0 aliphatic carbocycles. The van der Waals surface area contributed by atoms with Crippen molar-refractivity contribution in [1.82, 2.24) is 5.32 Å². The molecule has 0 radical (unpaired) electrons. The fraction of sp³-hybridized carbons (Fsp3) is 0.235. The number of carbonyl (C=O) groups is 1. The van der Waals surface area contributed by atoms with Crippen molar-refractivity contribution in [2.75, 3.05) is 13.2 Å². The van der Waals surface area contributed by atoms with Crippen LogP contribution in [0.1, 0.15) is 15.9 Å². The van der Waals surface area contributed by atoms with Crippen molar-refractivity contribution >= 4 is 11.6 Å². The first kappa shape index (κ1) is 17.4. The number of benzene rings is 2. The van der Waals surface area contributed by atoms with Gasteiger partial charge >= 0.3 is 0 Å². The van der Waals surface area contributed by atoms with E-state index in [0.717, 1.165) is 5.56 Å². The molecule has 2 aromatic rings. The minimum Gasteiger partial charge on any atom is -0.491 e. The molecule has 1 unspecified atom stereocenters. The van der Waals surface area contributed by atoms with E-state index in [2.05, 4.69) is 5.32 Å². The molecule has 2 rings (SSSR count). The van der Waals surface area contributed by atoms with E-state index in [1.807, 2.05) is 25.1 Å². The second-order valence-corrected chi connectivity index (χ2v) is 5.27. The van der Waals surface area contributed by atoms with Gasteiger partial charge in [0.2, 0.25) is 0 Å². The quantitative estimate of drug-likeness (QED) is 0.598. The molecule has 0 bridgehead atoms. The molecule has 1 atom stereocenters. The van der Waals surface area contributed by atoms with E-state index < -0.39 is 16.9 Å². The molecule has 7 heteroatoms. The Kier molecular flexibility index (Phi) is 5.86. The fourth-order valence-electron chi connectivity index (χ4n) is 2.09. The number of amides is 1. The van der Waals surface area contributed by atoms with E-state index in [9.17, 15) is 20.0 Å². The van der Waals surface area contributed by atoms with E-state index in [1.54, 1.807) is 12.1 Å². The zero-order valence-corrected chi connectivity index (χ0v) is 13.1. The van der Waals surface area contributed by atoms with Gasteiger partial charge in [0.05, 0.1) is 4.92 Å². The van der Waals surface area contributed by atoms with E-state index in [4.69, 9.17) is 4.74 Å². The van der Waals surface area contributed by atoms with Gasteiger partial charge in [-0.25, -0.2) is 0 Å². The number of nitrogens with one attached hydrogen (secondary N) is 1. The number of aliphatic hydroxyl groups excluding tert-OH is 1. The molecule has 2 N–H and O–H groups in total. The van der Waals surface area contributed by atoms with E-state index >= 15 is 0 Å². The van der Waals surface area contributed by atoms with Crippen LogP contribution in [0.15, 0.2) is 48.5 Å². The van der Waals surface area contributed by atoms with Gasteiger partial charge in [-0.15, -0.1) is 0 Å². The van der Waals surface area contributed by atoms with Crippen LogP contribution in [0.4, 0.5) is 5.69 Å². The molecule has 24 heavy (non-hydrogen) atoms. The van der Waals surface area contributed by atoms with Crippen LogP contribution >= 0.6 is 0 Å². The van der Waals surface area contributed by atoms with Crippen LogP contribution in [0.25, 0.3) is 0 Å². The molecule has 0 heterocycles. The minimum absolute atomic E-state index is 0.000611. The van der Waals surface area contributed by atoms with Gasteiger partial charge in [-0.05, 0) is 30.7 Å². The Labute approximate surface area is 139 Å². The zero-order valence-electron chi connectivity index (χ0n) is 13.1. The number of hydrogen-bond donors (Lipinski definition) is 2. The molecule has 0 aliphatic rings. The Morgan fingerprint density at radius 3 is 2.75 bits per heavy atom. The standard InChI is InChI=1S/C17H18N2O5/c1-12-5-4-6-14(9-12)24-11-13(20)10-18-17(21)15-7-2-3-8-16(15)19(22)23/h2-9,13,20H,10-11H2,1H3,(H,18,21). The van der Waals surface area contributed by atoms with Crippen molar-refractivity contribution in [2.45, 2.75) is 13.0 Å². The maximum atomic E-state index is 12.0. The highest BCUT2D eigenvalue weighted by molar-refractivity contribution is 5.98. The SMILES string of the molecule is Cc1cccc(OCC(O)CNC(=O)c2ccccc2[N+](=O)[O-])c1. The Bertz CT molecular complexity index is 732. The monoisotopic (exact) mass is 330 g/mol. The summed E-state index contributed by atoms with van der Waals surface area (Å²) in [5, 5.41) is 23.3. The Morgan fingerprint density at radius 1 is 1.29 bits per heavy atom. The number of aryl methyl sites for hydroxylation is 1. The Hall–Kier alpha value is -2.93. The third kappa shape index (κ3) is 4.79. The molecule has 7 nitrogen and oxygen atoms in total. The first-order valence-corrected chi connectivity index (χ1v) is 7.36. The highest BCUT2D eigenvalue weighted by atomic mass is 16.6. The van der Waals surface area contributed by atoms with Gasteiger partial charge < -0.3 is 15.2 Å². The average Bonchev–Trinajstić information content (AvgIpc) is 2.58. The second-order valence-electron chi connectivity index (χ2n) is 5.27. The summed E-state index contributed by atoms with van der Waals surface area (Å²) >= 11 is 0. The molecule has 0 aliphatic heterocycles. The molecular weight excluding hydrogens is 312 g/mol. The maximum Gasteiger partial charge on any atom is 0.282 e. The zero-order chi connectivity index (χ0) is 17.5. The molecule has 2 aromatic carbocycles. The lowest BCUT2D eigenvalue weighted by Crippen LogP contribution is -2.35. The van der Waals surface area contributed by atoms with Gasteiger partial charge in [-0.3, -0.25) is 14.9 Å². The number of hydrogen-bond acceptors (Lipinski definition) is 5. The molecule has 1 amide bonds. The van der Waals surface area contributed by atoms with Crippen LogP contribution in [0.3, 0.4) is 0 Å². The number of aliphatic hydroxyl groups is 1. The first-order chi connectivity index (χ1) is 11.5. The molecule has 0 aromatic heterocycles. The highest BCUT2D eigenvalue weighted by Crippen LogP contribution is 2.17. The van der Waals surface area contributed by atoms with Gasteiger partial charge in [0.25, 0.3) is 11.6 Å². The molecule has 0 fully saturated rings. The van der Waals surface area contributed by atoms with Crippen molar-refractivity contribution in [3.8, 4) is 5.75 Å². The van der Waals surface area contributed by atoms with E-state index in [-0.39, 0.29) is 24.4 Å². The van der Waals surface area contributed by atoms with Gasteiger partial charge in [-0.2, -0.15) is 0 Å². The number of nitrogens with zero attached hydrogens (tertiary/aromatic N) is 1. The first-order valence-electron chi connectivity index (χ1n) is 7.36. The van der Waals surface area contributed by atoms with E-state index in [0.29, 0.717) is 5.75 Å². The van der Waals surface area contributed by atoms with Crippen LogP contribution in [0, 0.1) is 17.0 Å². The lowest BCUT2D eigenvalue weighted by atomic mass is 10.1. The van der Waals surface area contributed by atoms with Crippen LogP contribution in [0.2, 0.25) is 0 Å². The van der Waals surface area contributed by atoms with Crippen LogP contribution < -0.4 is 10.1 Å². The number of carbonyl (C=O) groups excluding carboxylic acids is 1. The molecule has 126 valence electrons. The molecule has 0 spiro atoms. The summed E-state index contributed by atoms with van der Waals surface area (Å²) in [7, 11) is 0. The Morgan fingerprint density at radius 2 is 2.04 bits per heavy atom. The predicted molar refractivity (Wildman–Crippen MR) is 88.1 cm³/mol. The van der Waals surface area contributed by atoms with Crippen LogP contribution in [-0.4, -0.2) is 35.2 Å². The molecule has 0 saturated carbocycles. The van der Waals surface area contributed by atoms with Gasteiger partial charge in [0.1, 0.15) is 24.0 Å². The normalized spacial score (nSPS) is 11.6. The summed E-state index contributed by atoms with van der Waals surface area (Å²) in [5.74, 6) is 0.0102. The predicted octanol–water partition coefficient (Wildman–Crippen LogP) is 2.07. The Balaban J connectivity index is 1.86. The van der Waals surface area contributed by atoms with Crippen molar-refractivity contribution in [3.05, 3.63) is 69.8 Å². The largest absolute Gasteiger partial charge is 0.491 e. The van der Waals surface area contributed by atoms with Gasteiger partial charge in [0.15, 0.2) is 0 Å². The van der Waals surface area contributed by atoms with Crippen molar-refractivity contribution in [3.63, 3.8) is 0 Å². The van der Waals surface area contributed by atoms with Crippen molar-refractivity contribution in [1.29, 1.82) is 0 Å². The lowest BCUT2D eigenvalue weighted by molar-refractivity contribution is -0.385. The summed E-state index contributed by atoms with van der Waals surface area (Å²) in [4.78, 5) is 22.3.